The van der Waals surface area contributed by atoms with Gasteiger partial charge in [0.25, 0.3) is 5.91 Å². The topological polar surface area (TPSA) is 64.7 Å². The summed E-state index contributed by atoms with van der Waals surface area (Å²) in [7, 11) is 0. The summed E-state index contributed by atoms with van der Waals surface area (Å²) in [5.74, 6) is 1.25. The van der Waals surface area contributed by atoms with Gasteiger partial charge in [-0.2, -0.15) is 11.8 Å². The number of fused-ring (bicyclic) bond motifs is 1. The van der Waals surface area contributed by atoms with Crippen molar-refractivity contribution in [1.29, 1.82) is 0 Å². The number of thioether (sulfide) groups is 1. The summed E-state index contributed by atoms with van der Waals surface area (Å²) in [5, 5.41) is 7.04. The van der Waals surface area contributed by atoms with Crippen LogP contribution in [0, 0.1) is 0 Å². The van der Waals surface area contributed by atoms with Gasteiger partial charge in [0.05, 0.1) is 11.4 Å². The molecule has 3 aromatic carbocycles. The molecule has 2 aliphatic rings. The third-order valence-electron chi connectivity index (χ3n) is 6.36. The molecular formula is C27H27ClN4O2S. The van der Waals surface area contributed by atoms with Crippen LogP contribution in [0.3, 0.4) is 0 Å². The molecule has 0 unspecified atom stereocenters. The van der Waals surface area contributed by atoms with E-state index in [1.54, 1.807) is 17.8 Å². The Morgan fingerprint density at radius 3 is 2.46 bits per heavy atom. The fourth-order valence-electron chi connectivity index (χ4n) is 4.39. The van der Waals surface area contributed by atoms with Crippen molar-refractivity contribution in [3.8, 4) is 0 Å². The fourth-order valence-corrected chi connectivity index (χ4v) is 5.73. The number of benzene rings is 3. The van der Waals surface area contributed by atoms with Crippen LogP contribution < -0.4 is 15.5 Å². The second-order valence-corrected chi connectivity index (χ2v) is 10.1. The Hall–Kier alpha value is -3.16. The van der Waals surface area contributed by atoms with Crippen LogP contribution in [0.4, 0.5) is 17.1 Å². The molecule has 2 aliphatic heterocycles. The van der Waals surface area contributed by atoms with Gasteiger partial charge in [-0.1, -0.05) is 48.0 Å². The van der Waals surface area contributed by atoms with E-state index in [9.17, 15) is 9.59 Å². The number of amides is 2. The Morgan fingerprint density at radius 2 is 1.69 bits per heavy atom. The zero-order chi connectivity index (χ0) is 24.2. The van der Waals surface area contributed by atoms with Crippen molar-refractivity contribution in [2.24, 2.45) is 0 Å². The first kappa shape index (κ1) is 23.6. The lowest BCUT2D eigenvalue weighted by Gasteiger charge is -2.36. The molecule has 0 aromatic heterocycles. The Kier molecular flexibility index (Phi) is 7.16. The molecule has 0 aliphatic carbocycles. The predicted octanol–water partition coefficient (Wildman–Crippen LogP) is 4.97. The predicted molar refractivity (Wildman–Crippen MR) is 145 cm³/mol. The molecule has 35 heavy (non-hydrogen) atoms. The molecule has 8 heteroatoms. The molecule has 5 rings (SSSR count). The maximum atomic E-state index is 13.1. The summed E-state index contributed by atoms with van der Waals surface area (Å²) in [6, 6.07) is 23.2. The molecule has 6 nitrogen and oxygen atoms in total. The van der Waals surface area contributed by atoms with E-state index >= 15 is 0 Å². The summed E-state index contributed by atoms with van der Waals surface area (Å²) in [4.78, 5) is 30.0. The monoisotopic (exact) mass is 506 g/mol. The lowest BCUT2D eigenvalue weighted by Crippen LogP contribution is -2.48. The molecule has 0 radical (unpaired) electrons. The SMILES string of the molecule is O=C1Nc2cc(C(=O)N3CCN(c4ccccc4)CC3)ccc2N[C@@H]1CSCc1ccccc1Cl. The molecule has 180 valence electrons. The van der Waals surface area contributed by atoms with Crippen LogP contribution in [0.25, 0.3) is 0 Å². The van der Waals surface area contributed by atoms with Crippen LogP contribution in [0.15, 0.2) is 72.8 Å². The number of hydrogen-bond acceptors (Lipinski definition) is 5. The van der Waals surface area contributed by atoms with Gasteiger partial charge in [0.1, 0.15) is 6.04 Å². The minimum absolute atomic E-state index is 0.00724. The molecule has 2 heterocycles. The van der Waals surface area contributed by atoms with Crippen molar-refractivity contribution >= 4 is 52.2 Å². The summed E-state index contributed by atoms with van der Waals surface area (Å²) >= 11 is 7.89. The molecule has 0 spiro atoms. The molecule has 3 aromatic rings. The Morgan fingerprint density at radius 1 is 0.943 bits per heavy atom. The molecule has 2 amide bonds. The average molecular weight is 507 g/mol. The Bertz CT molecular complexity index is 1210. The first-order valence-electron chi connectivity index (χ1n) is 11.7. The first-order chi connectivity index (χ1) is 17.1. The van der Waals surface area contributed by atoms with Gasteiger partial charge in [-0.25, -0.2) is 0 Å². The second kappa shape index (κ2) is 10.6. The average Bonchev–Trinajstić information content (AvgIpc) is 2.90. The van der Waals surface area contributed by atoms with Gasteiger partial charge in [0.15, 0.2) is 0 Å². The van der Waals surface area contributed by atoms with E-state index in [1.807, 2.05) is 59.5 Å². The highest BCUT2D eigenvalue weighted by molar-refractivity contribution is 7.98. The third-order valence-corrected chi connectivity index (χ3v) is 7.81. The van der Waals surface area contributed by atoms with Gasteiger partial charge in [-0.05, 0) is 42.0 Å². The number of rotatable bonds is 6. The van der Waals surface area contributed by atoms with Gasteiger partial charge in [-0.3, -0.25) is 9.59 Å². The number of anilines is 3. The first-order valence-corrected chi connectivity index (χ1v) is 13.2. The zero-order valence-corrected chi connectivity index (χ0v) is 20.8. The quantitative estimate of drug-likeness (QED) is 0.494. The molecule has 1 atom stereocenters. The van der Waals surface area contributed by atoms with E-state index in [0.717, 1.165) is 35.1 Å². The maximum absolute atomic E-state index is 13.1. The van der Waals surface area contributed by atoms with Crippen LogP contribution in [-0.4, -0.2) is 54.7 Å². The van der Waals surface area contributed by atoms with Gasteiger partial charge in [-0.15, -0.1) is 0 Å². The van der Waals surface area contributed by atoms with Gasteiger partial charge < -0.3 is 20.4 Å². The smallest absolute Gasteiger partial charge is 0.254 e. The van der Waals surface area contributed by atoms with Gasteiger partial charge >= 0.3 is 0 Å². The summed E-state index contributed by atoms with van der Waals surface area (Å²) in [6.45, 7) is 2.93. The van der Waals surface area contributed by atoms with Crippen molar-refractivity contribution in [3.05, 3.63) is 88.9 Å². The number of halogens is 1. The minimum Gasteiger partial charge on any atom is -0.371 e. The van der Waals surface area contributed by atoms with Crippen molar-refractivity contribution in [3.63, 3.8) is 0 Å². The van der Waals surface area contributed by atoms with Crippen molar-refractivity contribution in [1.82, 2.24) is 4.90 Å². The van der Waals surface area contributed by atoms with Gasteiger partial charge in [0.2, 0.25) is 5.91 Å². The molecule has 1 fully saturated rings. The Labute approximate surface area is 214 Å². The summed E-state index contributed by atoms with van der Waals surface area (Å²) < 4.78 is 0. The minimum atomic E-state index is -0.345. The second-order valence-electron chi connectivity index (χ2n) is 8.67. The van der Waals surface area contributed by atoms with Crippen LogP contribution in [0.2, 0.25) is 5.02 Å². The zero-order valence-electron chi connectivity index (χ0n) is 19.2. The fraction of sp³-hybridized carbons (Fsp3) is 0.259. The number of nitrogens with zero attached hydrogens (tertiary/aromatic N) is 2. The highest BCUT2D eigenvalue weighted by atomic mass is 35.5. The Balaban J connectivity index is 1.17. The molecule has 0 saturated carbocycles. The highest BCUT2D eigenvalue weighted by Gasteiger charge is 2.28. The van der Waals surface area contributed by atoms with E-state index in [4.69, 9.17) is 11.6 Å². The molecule has 1 saturated heterocycles. The summed E-state index contributed by atoms with van der Waals surface area (Å²) in [5.41, 5.74) is 4.31. The normalized spacial score (nSPS) is 17.4. The number of piperazine rings is 1. The van der Waals surface area contributed by atoms with Crippen molar-refractivity contribution in [2.45, 2.75) is 11.8 Å². The van der Waals surface area contributed by atoms with Crippen LogP contribution in [0.1, 0.15) is 15.9 Å². The molecule has 0 bridgehead atoms. The van der Waals surface area contributed by atoms with E-state index in [2.05, 4.69) is 27.7 Å². The maximum Gasteiger partial charge on any atom is 0.254 e. The van der Waals surface area contributed by atoms with Gasteiger partial charge in [0, 0.05) is 54.0 Å². The number of hydrogen-bond donors (Lipinski definition) is 2. The van der Waals surface area contributed by atoms with E-state index < -0.39 is 0 Å². The molecular weight excluding hydrogens is 480 g/mol. The lowest BCUT2D eigenvalue weighted by molar-refractivity contribution is -0.116. The van der Waals surface area contributed by atoms with Crippen molar-refractivity contribution < 1.29 is 9.59 Å². The van der Waals surface area contributed by atoms with E-state index in [0.29, 0.717) is 30.1 Å². The summed E-state index contributed by atoms with van der Waals surface area (Å²) in [6.07, 6.45) is 0. The lowest BCUT2D eigenvalue weighted by atomic mass is 10.1. The highest BCUT2D eigenvalue weighted by Crippen LogP contribution is 2.30. The van der Waals surface area contributed by atoms with Crippen LogP contribution >= 0.6 is 23.4 Å². The van der Waals surface area contributed by atoms with E-state index in [-0.39, 0.29) is 17.9 Å². The largest absolute Gasteiger partial charge is 0.371 e. The number of nitrogens with one attached hydrogen (secondary N) is 2. The van der Waals surface area contributed by atoms with Crippen LogP contribution in [0.5, 0.6) is 0 Å². The third kappa shape index (κ3) is 5.41. The molecule has 2 N–H and O–H groups in total. The van der Waals surface area contributed by atoms with Crippen LogP contribution in [-0.2, 0) is 10.5 Å². The number of para-hydroxylation sites is 1. The van der Waals surface area contributed by atoms with Crippen molar-refractivity contribution in [2.75, 3.05) is 47.5 Å². The number of carbonyl (C=O) groups excluding carboxylic acids is 2. The number of carbonyl (C=O) groups is 2. The standard InChI is InChI=1S/C27H27ClN4O2S/c28-22-9-5-4-6-20(22)17-35-18-25-26(33)30-24-16-19(10-11-23(24)29-25)27(34)32-14-12-31(13-15-32)21-7-2-1-3-8-21/h1-11,16,25,29H,12-15,17-18H2,(H,30,33)/t25-/m1/s1. The van der Waals surface area contributed by atoms with E-state index in [1.165, 1.54) is 5.69 Å².